The van der Waals surface area contributed by atoms with Crippen LogP contribution in [0.5, 0.6) is 0 Å². The van der Waals surface area contributed by atoms with E-state index >= 15 is 0 Å². The van der Waals surface area contributed by atoms with Gasteiger partial charge in [0.25, 0.3) is 5.91 Å². The summed E-state index contributed by atoms with van der Waals surface area (Å²) in [6.45, 7) is 0.943. The number of nitrogens with two attached hydrogens (primary N) is 1. The number of anilines is 1. The van der Waals surface area contributed by atoms with Gasteiger partial charge in [-0.15, -0.1) is 0 Å². The van der Waals surface area contributed by atoms with Crippen molar-refractivity contribution in [1.82, 2.24) is 9.80 Å². The van der Waals surface area contributed by atoms with Crippen LogP contribution in [-0.4, -0.2) is 48.9 Å². The minimum atomic E-state index is -0.978. The van der Waals surface area contributed by atoms with Crippen molar-refractivity contribution < 1.29 is 13.6 Å². The van der Waals surface area contributed by atoms with Crippen LogP contribution < -0.4 is 5.73 Å². The van der Waals surface area contributed by atoms with E-state index in [-0.39, 0.29) is 11.7 Å². The van der Waals surface area contributed by atoms with Gasteiger partial charge in [0.2, 0.25) is 0 Å². The molecule has 1 aliphatic heterocycles. The highest BCUT2D eigenvalue weighted by Crippen LogP contribution is 2.23. The lowest BCUT2D eigenvalue weighted by atomic mass is 10.0. The van der Waals surface area contributed by atoms with Crippen LogP contribution in [0.2, 0.25) is 0 Å². The molecule has 2 rings (SSSR count). The average Bonchev–Trinajstić information content (AvgIpc) is 2.21. The number of likely N-dealkylation sites (tertiary alicyclic amines) is 1. The number of carbonyl (C=O) groups is 1. The van der Waals surface area contributed by atoms with E-state index in [1.807, 2.05) is 19.0 Å². The second kappa shape index (κ2) is 4.53. The molecule has 0 atom stereocenters. The standard InChI is InChI=1S/C12H15F2N3O/c1-16(2)7-5-17(6-7)12(18)10-8(13)3-4-9(15)11(10)14/h3-4,7H,5-6,15H2,1-2H3. The molecule has 1 heterocycles. The van der Waals surface area contributed by atoms with Gasteiger partial charge in [-0.2, -0.15) is 0 Å². The molecule has 0 aliphatic carbocycles. The molecule has 0 spiro atoms. The molecule has 0 saturated carbocycles. The molecule has 1 amide bonds. The van der Waals surface area contributed by atoms with Gasteiger partial charge in [0.1, 0.15) is 11.4 Å². The highest BCUT2D eigenvalue weighted by molar-refractivity contribution is 5.96. The minimum absolute atomic E-state index is 0.218. The van der Waals surface area contributed by atoms with Gasteiger partial charge in [-0.25, -0.2) is 8.78 Å². The van der Waals surface area contributed by atoms with Gasteiger partial charge in [-0.1, -0.05) is 0 Å². The van der Waals surface area contributed by atoms with Gasteiger partial charge < -0.3 is 15.5 Å². The third kappa shape index (κ3) is 2.03. The van der Waals surface area contributed by atoms with Crippen LogP contribution in [0, 0.1) is 11.6 Å². The molecule has 0 bridgehead atoms. The number of likely N-dealkylation sites (N-methyl/N-ethyl adjacent to an activating group) is 1. The Morgan fingerprint density at radius 1 is 1.39 bits per heavy atom. The smallest absolute Gasteiger partial charge is 0.260 e. The molecule has 1 saturated heterocycles. The Morgan fingerprint density at radius 2 is 2.00 bits per heavy atom. The maximum absolute atomic E-state index is 13.7. The minimum Gasteiger partial charge on any atom is -0.396 e. The van der Waals surface area contributed by atoms with Crippen LogP contribution in [-0.2, 0) is 0 Å². The highest BCUT2D eigenvalue weighted by atomic mass is 19.1. The molecule has 0 aromatic heterocycles. The van der Waals surface area contributed by atoms with E-state index in [1.165, 1.54) is 4.90 Å². The van der Waals surface area contributed by atoms with Crippen molar-refractivity contribution in [3.63, 3.8) is 0 Å². The van der Waals surface area contributed by atoms with E-state index in [1.54, 1.807) is 0 Å². The van der Waals surface area contributed by atoms with Crippen LogP contribution in [0.15, 0.2) is 12.1 Å². The summed E-state index contributed by atoms with van der Waals surface area (Å²) in [5, 5.41) is 0. The third-order valence-corrected chi connectivity index (χ3v) is 3.21. The van der Waals surface area contributed by atoms with E-state index in [4.69, 9.17) is 5.73 Å². The Morgan fingerprint density at radius 3 is 2.56 bits per heavy atom. The summed E-state index contributed by atoms with van der Waals surface area (Å²) in [7, 11) is 3.79. The topological polar surface area (TPSA) is 49.6 Å². The monoisotopic (exact) mass is 255 g/mol. The number of carbonyl (C=O) groups excluding carboxylic acids is 1. The van der Waals surface area contributed by atoms with Gasteiger partial charge >= 0.3 is 0 Å². The zero-order valence-electron chi connectivity index (χ0n) is 10.3. The molecule has 2 N–H and O–H groups in total. The number of hydrogen-bond acceptors (Lipinski definition) is 3. The summed E-state index contributed by atoms with van der Waals surface area (Å²) in [5.41, 5.74) is 4.56. The molecule has 18 heavy (non-hydrogen) atoms. The molecule has 1 aromatic carbocycles. The first-order valence-electron chi connectivity index (χ1n) is 5.61. The molecule has 4 nitrogen and oxygen atoms in total. The molecule has 0 radical (unpaired) electrons. The maximum atomic E-state index is 13.7. The number of rotatable bonds is 2. The van der Waals surface area contributed by atoms with E-state index < -0.39 is 23.1 Å². The summed E-state index contributed by atoms with van der Waals surface area (Å²) in [6, 6.07) is 2.36. The van der Waals surface area contributed by atoms with Crippen molar-refractivity contribution in [2.24, 2.45) is 0 Å². The molecule has 1 aromatic rings. The summed E-state index contributed by atoms with van der Waals surface area (Å²) in [4.78, 5) is 15.3. The lowest BCUT2D eigenvalue weighted by molar-refractivity contribution is 0.0390. The van der Waals surface area contributed by atoms with Crippen LogP contribution in [0.4, 0.5) is 14.5 Å². The Hall–Kier alpha value is -1.69. The SMILES string of the molecule is CN(C)C1CN(C(=O)c2c(F)ccc(N)c2F)C1. The van der Waals surface area contributed by atoms with Gasteiger partial charge in [0, 0.05) is 19.1 Å². The van der Waals surface area contributed by atoms with Crippen molar-refractivity contribution in [3.8, 4) is 0 Å². The lowest BCUT2D eigenvalue weighted by Gasteiger charge is -2.42. The fraction of sp³-hybridized carbons (Fsp3) is 0.417. The average molecular weight is 255 g/mol. The zero-order valence-corrected chi connectivity index (χ0v) is 10.3. The molecule has 6 heteroatoms. The van der Waals surface area contributed by atoms with Gasteiger partial charge in [0.05, 0.1) is 5.69 Å². The highest BCUT2D eigenvalue weighted by Gasteiger charge is 2.35. The fourth-order valence-electron chi connectivity index (χ4n) is 1.87. The first-order chi connectivity index (χ1) is 8.41. The Bertz CT molecular complexity index is 484. The van der Waals surface area contributed by atoms with Gasteiger partial charge in [-0.05, 0) is 26.2 Å². The molecule has 98 valence electrons. The van der Waals surface area contributed by atoms with Crippen LogP contribution in [0.1, 0.15) is 10.4 Å². The second-order valence-electron chi connectivity index (χ2n) is 4.65. The maximum Gasteiger partial charge on any atom is 0.260 e. The predicted octanol–water partition coefficient (Wildman–Crippen LogP) is 0.933. The zero-order chi connectivity index (χ0) is 13.4. The first kappa shape index (κ1) is 12.8. The first-order valence-corrected chi connectivity index (χ1v) is 5.61. The lowest BCUT2D eigenvalue weighted by Crippen LogP contribution is -2.59. The van der Waals surface area contributed by atoms with Gasteiger partial charge in [-0.3, -0.25) is 4.79 Å². The molecule has 0 unspecified atom stereocenters. The summed E-state index contributed by atoms with van der Waals surface area (Å²) in [5.74, 6) is -2.50. The van der Waals surface area contributed by atoms with Crippen molar-refractivity contribution in [3.05, 3.63) is 29.3 Å². The molecule has 1 fully saturated rings. The largest absolute Gasteiger partial charge is 0.396 e. The van der Waals surface area contributed by atoms with Crippen molar-refractivity contribution >= 4 is 11.6 Å². The van der Waals surface area contributed by atoms with E-state index in [9.17, 15) is 13.6 Å². The van der Waals surface area contributed by atoms with Crippen LogP contribution >= 0.6 is 0 Å². The number of nitrogens with zero attached hydrogens (tertiary/aromatic N) is 2. The Kier molecular flexibility index (Phi) is 3.21. The summed E-state index contributed by atoms with van der Waals surface area (Å²) >= 11 is 0. The number of amides is 1. The number of benzene rings is 1. The van der Waals surface area contributed by atoms with E-state index in [2.05, 4.69) is 0 Å². The predicted molar refractivity (Wildman–Crippen MR) is 64.1 cm³/mol. The van der Waals surface area contributed by atoms with Crippen molar-refractivity contribution in [2.45, 2.75) is 6.04 Å². The van der Waals surface area contributed by atoms with Crippen LogP contribution in [0.3, 0.4) is 0 Å². The quantitative estimate of drug-likeness (QED) is 0.800. The second-order valence-corrected chi connectivity index (χ2v) is 4.65. The Labute approximate surface area is 104 Å². The van der Waals surface area contributed by atoms with Crippen molar-refractivity contribution in [1.29, 1.82) is 0 Å². The van der Waals surface area contributed by atoms with Gasteiger partial charge in [0.15, 0.2) is 5.82 Å². The molecular formula is C12H15F2N3O. The van der Waals surface area contributed by atoms with E-state index in [0.717, 1.165) is 12.1 Å². The normalized spacial score (nSPS) is 15.9. The number of halogens is 2. The van der Waals surface area contributed by atoms with Crippen molar-refractivity contribution in [2.75, 3.05) is 32.9 Å². The third-order valence-electron chi connectivity index (χ3n) is 3.21. The van der Waals surface area contributed by atoms with Crippen LogP contribution in [0.25, 0.3) is 0 Å². The number of hydrogen-bond donors (Lipinski definition) is 1. The molecule has 1 aliphatic rings. The summed E-state index contributed by atoms with van der Waals surface area (Å²) < 4.78 is 27.2. The summed E-state index contributed by atoms with van der Waals surface area (Å²) in [6.07, 6.45) is 0. The number of nitrogen functional groups attached to an aromatic ring is 1. The Balaban J connectivity index is 2.19. The fourth-order valence-corrected chi connectivity index (χ4v) is 1.87. The van der Waals surface area contributed by atoms with E-state index in [0.29, 0.717) is 13.1 Å². The molecular weight excluding hydrogens is 240 g/mol.